The van der Waals surface area contributed by atoms with Crippen LogP contribution < -0.4 is 14.8 Å². The lowest BCUT2D eigenvalue weighted by molar-refractivity contribution is 0.296. The summed E-state index contributed by atoms with van der Waals surface area (Å²) in [6.07, 6.45) is 3.07. The second kappa shape index (κ2) is 8.94. The largest absolute Gasteiger partial charge is 0.488 e. The average Bonchev–Trinajstić information content (AvgIpc) is 2.60. The summed E-state index contributed by atoms with van der Waals surface area (Å²) < 4.78 is 11.8. The molecule has 24 heavy (non-hydrogen) atoms. The van der Waals surface area contributed by atoms with E-state index in [9.17, 15) is 0 Å². The number of thioether (sulfide) groups is 1. The number of hydrogen-bond acceptors (Lipinski definition) is 4. The average molecular weight is 362 g/mol. The van der Waals surface area contributed by atoms with Gasteiger partial charge in [-0.1, -0.05) is 25.1 Å². The lowest BCUT2D eigenvalue weighted by Gasteiger charge is -2.16. The van der Waals surface area contributed by atoms with E-state index in [0.717, 1.165) is 33.9 Å². The van der Waals surface area contributed by atoms with E-state index < -0.39 is 0 Å². The van der Waals surface area contributed by atoms with Crippen LogP contribution in [0.2, 0.25) is 0 Å². The lowest BCUT2D eigenvalue weighted by atomic mass is 10.1. The van der Waals surface area contributed by atoms with Gasteiger partial charge in [0.15, 0.2) is 0 Å². The number of rotatable bonds is 6. The minimum atomic E-state index is 0.345. The Morgan fingerprint density at radius 2 is 2.00 bits per heavy atom. The summed E-state index contributed by atoms with van der Waals surface area (Å²) in [7, 11) is 1.75. The molecule has 0 amide bonds. The van der Waals surface area contributed by atoms with Crippen LogP contribution in [0.4, 0.5) is 0 Å². The Bertz CT molecular complexity index is 717. The molecule has 0 fully saturated rings. The van der Waals surface area contributed by atoms with Gasteiger partial charge in [-0.3, -0.25) is 0 Å². The Morgan fingerprint density at radius 1 is 1.21 bits per heavy atom. The van der Waals surface area contributed by atoms with Crippen LogP contribution in [0, 0.1) is 6.92 Å². The quantitative estimate of drug-likeness (QED) is 0.593. The summed E-state index contributed by atoms with van der Waals surface area (Å²) >= 11 is 6.79. The zero-order valence-corrected chi connectivity index (χ0v) is 16.1. The fraction of sp³-hybridized carbons (Fsp3) is 0.316. The van der Waals surface area contributed by atoms with E-state index in [1.54, 1.807) is 18.8 Å². The molecule has 0 atom stereocenters. The smallest absolute Gasteiger partial charge is 0.261 e. The van der Waals surface area contributed by atoms with E-state index in [0.29, 0.717) is 11.8 Å². The number of ether oxygens (including phenoxy) is 2. The van der Waals surface area contributed by atoms with Gasteiger partial charge >= 0.3 is 0 Å². The molecule has 3 nitrogen and oxygen atoms in total. The van der Waals surface area contributed by atoms with Gasteiger partial charge in [0.1, 0.15) is 18.1 Å². The van der Waals surface area contributed by atoms with Gasteiger partial charge in [-0.15, -0.1) is 11.8 Å². The molecule has 2 aromatic rings. The minimum absolute atomic E-state index is 0.345. The minimum Gasteiger partial charge on any atom is -0.488 e. The third kappa shape index (κ3) is 4.65. The summed E-state index contributed by atoms with van der Waals surface area (Å²) in [5.41, 5.74) is 3.46. The maximum absolute atomic E-state index is 6.06. The monoisotopic (exact) mass is 361 g/mol. The third-order valence-corrected chi connectivity index (χ3v) is 4.85. The third-order valence-electron chi connectivity index (χ3n) is 3.74. The van der Waals surface area contributed by atoms with Crippen molar-refractivity contribution in [1.29, 1.82) is 0 Å². The van der Waals surface area contributed by atoms with Crippen molar-refractivity contribution in [3.8, 4) is 11.5 Å². The molecule has 0 saturated heterocycles. The van der Waals surface area contributed by atoms with Crippen molar-refractivity contribution in [2.45, 2.75) is 31.8 Å². The molecule has 2 aromatic carbocycles. The van der Waals surface area contributed by atoms with Gasteiger partial charge in [-0.05, 0) is 61.1 Å². The molecular weight excluding hydrogens is 338 g/mol. The van der Waals surface area contributed by atoms with Crippen molar-refractivity contribution in [3.05, 3.63) is 53.1 Å². The molecule has 0 heterocycles. The Balaban J connectivity index is 2.23. The van der Waals surface area contributed by atoms with Crippen LogP contribution in [-0.4, -0.2) is 18.5 Å². The van der Waals surface area contributed by atoms with Crippen LogP contribution in [-0.2, 0) is 13.0 Å². The van der Waals surface area contributed by atoms with Crippen molar-refractivity contribution in [2.24, 2.45) is 0 Å². The molecule has 0 spiro atoms. The highest BCUT2D eigenvalue weighted by molar-refractivity contribution is 7.98. The standard InChI is InChI=1S/C19H23NO2S2/c1-5-14-9-10-16(13(2)11-14)21-12-15-17(22-19(23)20-3)7-6-8-18(15)24-4/h6-11H,5,12H2,1-4H3,(H,20,23). The molecule has 0 bridgehead atoms. The van der Waals surface area contributed by atoms with Gasteiger partial charge in [-0.25, -0.2) is 0 Å². The van der Waals surface area contributed by atoms with Gasteiger partial charge in [0.05, 0.1) is 0 Å². The highest BCUT2D eigenvalue weighted by atomic mass is 32.2. The van der Waals surface area contributed by atoms with Crippen molar-refractivity contribution in [3.63, 3.8) is 0 Å². The van der Waals surface area contributed by atoms with E-state index in [2.05, 4.69) is 37.4 Å². The van der Waals surface area contributed by atoms with Crippen molar-refractivity contribution in [1.82, 2.24) is 5.32 Å². The summed E-state index contributed by atoms with van der Waals surface area (Å²) in [5, 5.41) is 3.18. The van der Waals surface area contributed by atoms with Crippen LogP contribution in [0.25, 0.3) is 0 Å². The molecule has 0 saturated carbocycles. The molecule has 0 aliphatic rings. The SMILES string of the molecule is CCc1ccc(OCc2c(OC(=S)NC)cccc2SC)c(C)c1. The first kappa shape index (κ1) is 18.6. The summed E-state index contributed by atoms with van der Waals surface area (Å²) in [6, 6.07) is 12.2. The summed E-state index contributed by atoms with van der Waals surface area (Å²) in [5.74, 6) is 1.62. The van der Waals surface area contributed by atoms with Crippen molar-refractivity contribution >= 4 is 29.2 Å². The summed E-state index contributed by atoms with van der Waals surface area (Å²) in [4.78, 5) is 1.12. The first-order valence-electron chi connectivity index (χ1n) is 7.86. The Hall–Kier alpha value is -1.72. The number of aryl methyl sites for hydroxylation is 2. The predicted molar refractivity (Wildman–Crippen MR) is 105 cm³/mol. The first-order valence-corrected chi connectivity index (χ1v) is 9.50. The van der Waals surface area contributed by atoms with Gasteiger partial charge in [0.2, 0.25) is 0 Å². The number of hydrogen-bond donors (Lipinski definition) is 1. The van der Waals surface area contributed by atoms with E-state index in [1.165, 1.54) is 5.56 Å². The maximum Gasteiger partial charge on any atom is 0.261 e. The Labute approximate surface area is 153 Å². The molecule has 5 heteroatoms. The van der Waals surface area contributed by atoms with Crippen LogP contribution in [0.1, 0.15) is 23.6 Å². The van der Waals surface area contributed by atoms with Gasteiger partial charge in [-0.2, -0.15) is 0 Å². The second-order valence-electron chi connectivity index (χ2n) is 5.32. The number of benzene rings is 2. The molecule has 0 aliphatic carbocycles. The molecule has 1 N–H and O–H groups in total. The number of thiocarbonyl (C=S) groups is 1. The Morgan fingerprint density at radius 3 is 2.62 bits per heavy atom. The fourth-order valence-electron chi connectivity index (χ4n) is 2.37. The molecule has 0 aromatic heterocycles. The normalized spacial score (nSPS) is 10.3. The van der Waals surface area contributed by atoms with E-state index in [-0.39, 0.29) is 0 Å². The van der Waals surface area contributed by atoms with E-state index >= 15 is 0 Å². The van der Waals surface area contributed by atoms with E-state index in [4.69, 9.17) is 21.7 Å². The molecule has 128 valence electrons. The van der Waals surface area contributed by atoms with Gasteiger partial charge < -0.3 is 14.8 Å². The maximum atomic E-state index is 6.06. The molecular formula is C19H23NO2S2. The van der Waals surface area contributed by atoms with Gasteiger partial charge in [0.25, 0.3) is 5.17 Å². The topological polar surface area (TPSA) is 30.5 Å². The lowest BCUT2D eigenvalue weighted by Crippen LogP contribution is -2.22. The van der Waals surface area contributed by atoms with E-state index in [1.807, 2.05) is 24.5 Å². The predicted octanol–water partition coefficient (Wildman–Crippen LogP) is 4.74. The highest BCUT2D eigenvalue weighted by Crippen LogP contribution is 2.31. The first-order chi connectivity index (χ1) is 11.6. The van der Waals surface area contributed by atoms with Crippen molar-refractivity contribution < 1.29 is 9.47 Å². The zero-order chi connectivity index (χ0) is 17.5. The number of nitrogens with one attached hydrogen (secondary N) is 1. The van der Waals surface area contributed by atoms with Crippen molar-refractivity contribution in [2.75, 3.05) is 13.3 Å². The zero-order valence-electron chi connectivity index (χ0n) is 14.5. The van der Waals surface area contributed by atoms with Crippen LogP contribution in [0.3, 0.4) is 0 Å². The molecule has 0 radical (unpaired) electrons. The van der Waals surface area contributed by atoms with Gasteiger partial charge in [0, 0.05) is 17.5 Å². The molecule has 0 unspecified atom stereocenters. The van der Waals surface area contributed by atoms with Crippen LogP contribution in [0.5, 0.6) is 11.5 Å². The highest BCUT2D eigenvalue weighted by Gasteiger charge is 2.12. The van der Waals surface area contributed by atoms with Crippen LogP contribution >= 0.6 is 24.0 Å². The fourth-order valence-corrected chi connectivity index (χ4v) is 3.08. The second-order valence-corrected chi connectivity index (χ2v) is 6.54. The summed E-state index contributed by atoms with van der Waals surface area (Å²) in [6.45, 7) is 4.66. The molecule has 0 aliphatic heterocycles. The molecule has 2 rings (SSSR count). The Kier molecular flexibility index (Phi) is 6.94. The van der Waals surface area contributed by atoms with Crippen LogP contribution in [0.15, 0.2) is 41.3 Å².